The molecule has 0 rings (SSSR count). The third-order valence-electron chi connectivity index (χ3n) is 1.64. The molecule has 0 bridgehead atoms. The van der Waals surface area contributed by atoms with Gasteiger partial charge < -0.3 is 19.7 Å². The number of hydrogen-bond donors (Lipinski definition) is 0. The van der Waals surface area contributed by atoms with E-state index in [1.807, 2.05) is 0 Å². The molecule has 0 spiro atoms. The molecule has 0 saturated heterocycles. The second-order valence-corrected chi connectivity index (χ2v) is 3.35. The summed E-state index contributed by atoms with van der Waals surface area (Å²) in [7, 11) is 0. The predicted molar refractivity (Wildman–Crippen MR) is 58.7 cm³/mol. The molecule has 0 aromatic carbocycles. The van der Waals surface area contributed by atoms with Gasteiger partial charge in [0.1, 0.15) is 0 Å². The molecule has 0 fully saturated rings. The van der Waals surface area contributed by atoms with Crippen molar-refractivity contribution in [3.63, 3.8) is 0 Å². The van der Waals surface area contributed by atoms with E-state index in [0.717, 1.165) is 0 Å². The molecule has 0 radical (unpaired) electrons. The standard InChI is InChI=1S/C12H18O6.2Na/c1-3-5-17-11(15)7-9(13)10(14)8-12(16)18-6-4-2;;/h7-8,13-14H,3-6H2,1-2H3;;/q;2*+1/p-2. The Balaban J connectivity index is -0.00000144. The van der Waals surface area contributed by atoms with Crippen LogP contribution in [0.2, 0.25) is 0 Å². The smallest absolute Gasteiger partial charge is 0.873 e. The van der Waals surface area contributed by atoms with Crippen LogP contribution in [-0.2, 0) is 19.1 Å². The first kappa shape index (κ1) is 25.0. The number of carbonyl (C=O) groups is 2. The van der Waals surface area contributed by atoms with Gasteiger partial charge in [-0.15, -0.1) is 11.5 Å². The van der Waals surface area contributed by atoms with Crippen LogP contribution in [0.4, 0.5) is 0 Å². The summed E-state index contributed by atoms with van der Waals surface area (Å²) in [4.78, 5) is 22.0. The van der Waals surface area contributed by atoms with Gasteiger partial charge in [-0.25, -0.2) is 9.59 Å². The summed E-state index contributed by atoms with van der Waals surface area (Å²) >= 11 is 0. The monoisotopic (exact) mass is 302 g/mol. The van der Waals surface area contributed by atoms with Crippen molar-refractivity contribution in [2.45, 2.75) is 26.7 Å². The molecule has 0 unspecified atom stereocenters. The Morgan fingerprint density at radius 1 is 0.850 bits per heavy atom. The van der Waals surface area contributed by atoms with Crippen LogP contribution in [0, 0.1) is 0 Å². The zero-order chi connectivity index (χ0) is 14.0. The number of ether oxygens (including phenoxy) is 2. The molecule has 0 amide bonds. The summed E-state index contributed by atoms with van der Waals surface area (Å²) < 4.78 is 9.17. The van der Waals surface area contributed by atoms with E-state index in [1.165, 1.54) is 0 Å². The molecule has 6 nitrogen and oxygen atoms in total. The molecule has 0 saturated carbocycles. The fourth-order valence-electron chi connectivity index (χ4n) is 0.845. The van der Waals surface area contributed by atoms with Gasteiger partial charge in [-0.05, 0) is 12.8 Å². The van der Waals surface area contributed by atoms with Crippen molar-refractivity contribution in [3.8, 4) is 0 Å². The average Bonchev–Trinajstić information content (AvgIpc) is 2.33. The molecule has 0 aliphatic carbocycles. The van der Waals surface area contributed by atoms with Crippen LogP contribution in [-0.4, -0.2) is 25.2 Å². The van der Waals surface area contributed by atoms with Crippen LogP contribution in [0.5, 0.6) is 0 Å². The molecular weight excluding hydrogens is 286 g/mol. The summed E-state index contributed by atoms with van der Waals surface area (Å²) in [5, 5.41) is 22.4. The summed E-state index contributed by atoms with van der Waals surface area (Å²) in [6, 6.07) is 0. The fourth-order valence-corrected chi connectivity index (χ4v) is 0.845. The van der Waals surface area contributed by atoms with Crippen molar-refractivity contribution in [1.29, 1.82) is 0 Å². The van der Waals surface area contributed by atoms with Crippen molar-refractivity contribution in [1.82, 2.24) is 0 Å². The molecule has 8 heteroatoms. The van der Waals surface area contributed by atoms with Crippen molar-refractivity contribution < 1.29 is 88.4 Å². The van der Waals surface area contributed by atoms with Crippen molar-refractivity contribution >= 4 is 11.9 Å². The van der Waals surface area contributed by atoms with Crippen molar-refractivity contribution in [2.24, 2.45) is 0 Å². The Labute approximate surface area is 162 Å². The number of rotatable bonds is 7. The summed E-state index contributed by atoms with van der Waals surface area (Å²) in [5.74, 6) is -4.01. The third-order valence-corrected chi connectivity index (χ3v) is 1.64. The molecule has 0 aromatic heterocycles. The fraction of sp³-hybridized carbons (Fsp3) is 0.500. The molecule has 0 aliphatic rings. The molecule has 102 valence electrons. The Kier molecular flexibility index (Phi) is 19.3. The largest absolute Gasteiger partial charge is 1.00 e. The van der Waals surface area contributed by atoms with E-state index in [1.54, 1.807) is 13.8 Å². The Bertz CT molecular complexity index is 318. The Morgan fingerprint density at radius 2 is 1.15 bits per heavy atom. The van der Waals surface area contributed by atoms with Gasteiger partial charge in [0.05, 0.1) is 13.2 Å². The van der Waals surface area contributed by atoms with E-state index in [4.69, 9.17) is 0 Å². The maximum atomic E-state index is 11.2. The number of esters is 2. The van der Waals surface area contributed by atoms with Crippen LogP contribution >= 0.6 is 0 Å². The van der Waals surface area contributed by atoms with Gasteiger partial charge in [0, 0.05) is 12.2 Å². The maximum Gasteiger partial charge on any atom is 1.00 e. The van der Waals surface area contributed by atoms with Gasteiger partial charge in [-0.1, -0.05) is 13.8 Å². The van der Waals surface area contributed by atoms with Gasteiger partial charge in [0.2, 0.25) is 0 Å². The molecular formula is C12H16Na2O6. The molecule has 0 aromatic rings. The minimum Gasteiger partial charge on any atom is -0.873 e. The van der Waals surface area contributed by atoms with E-state index in [2.05, 4.69) is 9.47 Å². The van der Waals surface area contributed by atoms with E-state index in [-0.39, 0.29) is 72.3 Å². The van der Waals surface area contributed by atoms with Crippen LogP contribution in [0.15, 0.2) is 23.7 Å². The van der Waals surface area contributed by atoms with Gasteiger partial charge in [-0.2, -0.15) is 0 Å². The maximum absolute atomic E-state index is 11.2. The topological polar surface area (TPSA) is 98.7 Å². The van der Waals surface area contributed by atoms with Crippen molar-refractivity contribution in [2.75, 3.05) is 13.2 Å². The number of carbonyl (C=O) groups excluding carboxylic acids is 2. The first-order chi connectivity index (χ1) is 8.51. The molecule has 0 N–H and O–H groups in total. The Hall–Kier alpha value is 0.0200. The van der Waals surface area contributed by atoms with E-state index in [0.29, 0.717) is 25.0 Å². The normalized spacial score (nSPS) is 10.9. The van der Waals surface area contributed by atoms with Crippen LogP contribution < -0.4 is 69.3 Å². The molecule has 0 aliphatic heterocycles. The molecule has 0 heterocycles. The van der Waals surface area contributed by atoms with Crippen LogP contribution in [0.1, 0.15) is 26.7 Å². The second-order valence-electron chi connectivity index (χ2n) is 3.35. The second kappa shape index (κ2) is 15.4. The number of hydrogen-bond acceptors (Lipinski definition) is 6. The first-order valence-electron chi connectivity index (χ1n) is 5.62. The quantitative estimate of drug-likeness (QED) is 0.152. The zero-order valence-corrected chi connectivity index (χ0v) is 16.4. The summed E-state index contributed by atoms with van der Waals surface area (Å²) in [6.45, 7) is 3.91. The summed E-state index contributed by atoms with van der Waals surface area (Å²) in [5.41, 5.74) is 0. The predicted octanol–water partition coefficient (Wildman–Crippen LogP) is -6.61. The van der Waals surface area contributed by atoms with Gasteiger partial charge in [-0.3, -0.25) is 0 Å². The van der Waals surface area contributed by atoms with Gasteiger partial charge >= 0.3 is 71.1 Å². The zero-order valence-electron chi connectivity index (χ0n) is 12.4. The SMILES string of the molecule is CCCOC(=O)C=C([O-])C([O-])=CC(=O)OCCC.[Na+].[Na+]. The van der Waals surface area contributed by atoms with Crippen LogP contribution in [0.25, 0.3) is 0 Å². The minimum absolute atomic E-state index is 0. The van der Waals surface area contributed by atoms with Crippen LogP contribution in [0.3, 0.4) is 0 Å². The van der Waals surface area contributed by atoms with E-state index >= 15 is 0 Å². The third kappa shape index (κ3) is 13.0. The van der Waals surface area contributed by atoms with Gasteiger partial charge in [0.15, 0.2) is 0 Å². The molecule has 0 atom stereocenters. The van der Waals surface area contributed by atoms with Gasteiger partial charge in [0.25, 0.3) is 0 Å². The Morgan fingerprint density at radius 3 is 1.40 bits per heavy atom. The van der Waals surface area contributed by atoms with Crippen molar-refractivity contribution in [3.05, 3.63) is 23.7 Å². The van der Waals surface area contributed by atoms with E-state index in [9.17, 15) is 19.8 Å². The average molecular weight is 302 g/mol. The summed E-state index contributed by atoms with van der Waals surface area (Å²) in [6.07, 6.45) is 2.25. The minimum atomic E-state index is -1.11. The van der Waals surface area contributed by atoms with E-state index < -0.39 is 23.5 Å². The first-order valence-corrected chi connectivity index (χ1v) is 5.62. The molecule has 20 heavy (non-hydrogen) atoms.